The molecule has 2 heterocycles. The second kappa shape index (κ2) is 4.86. The fourth-order valence-corrected chi connectivity index (χ4v) is 3.31. The highest BCUT2D eigenvalue weighted by molar-refractivity contribution is 7.07. The number of hydrogen-bond donors (Lipinski definition) is 1. The Kier molecular flexibility index (Phi) is 3.67. The van der Waals surface area contributed by atoms with Crippen LogP contribution in [0.2, 0.25) is 0 Å². The first-order valence-electron chi connectivity index (χ1n) is 6.06. The van der Waals surface area contributed by atoms with Crippen LogP contribution >= 0.6 is 11.3 Å². The summed E-state index contributed by atoms with van der Waals surface area (Å²) in [7, 11) is 0. The van der Waals surface area contributed by atoms with Crippen molar-refractivity contribution >= 4 is 11.3 Å². The van der Waals surface area contributed by atoms with Crippen molar-refractivity contribution in [1.82, 2.24) is 10.2 Å². The van der Waals surface area contributed by atoms with E-state index in [2.05, 4.69) is 47.8 Å². The molecule has 16 heavy (non-hydrogen) atoms. The van der Waals surface area contributed by atoms with Gasteiger partial charge in [0.25, 0.3) is 0 Å². The van der Waals surface area contributed by atoms with E-state index in [1.54, 1.807) is 11.3 Å². The lowest BCUT2D eigenvalue weighted by atomic mass is 9.82. The third-order valence-corrected chi connectivity index (χ3v) is 3.90. The van der Waals surface area contributed by atoms with Crippen LogP contribution in [0.25, 0.3) is 0 Å². The summed E-state index contributed by atoms with van der Waals surface area (Å²) in [4.78, 5) is 2.62. The number of piperazine rings is 1. The molecule has 1 aliphatic rings. The van der Waals surface area contributed by atoms with Gasteiger partial charge in [-0.3, -0.25) is 4.90 Å². The SMILES string of the molecule is CC(C)(C)[C@@H](c1ccsc1)N1CCNCC1. The van der Waals surface area contributed by atoms with Gasteiger partial charge >= 0.3 is 0 Å². The van der Waals surface area contributed by atoms with Crippen molar-refractivity contribution in [2.24, 2.45) is 5.41 Å². The molecule has 1 saturated heterocycles. The maximum Gasteiger partial charge on any atom is 0.0405 e. The molecule has 90 valence electrons. The highest BCUT2D eigenvalue weighted by atomic mass is 32.1. The van der Waals surface area contributed by atoms with Crippen molar-refractivity contribution in [1.29, 1.82) is 0 Å². The molecule has 0 spiro atoms. The van der Waals surface area contributed by atoms with Crippen molar-refractivity contribution < 1.29 is 0 Å². The van der Waals surface area contributed by atoms with Crippen LogP contribution in [0.1, 0.15) is 32.4 Å². The molecule has 1 aromatic heterocycles. The van der Waals surface area contributed by atoms with Gasteiger partial charge in [0.15, 0.2) is 0 Å². The first-order chi connectivity index (χ1) is 7.59. The first kappa shape index (κ1) is 12.1. The summed E-state index contributed by atoms with van der Waals surface area (Å²) in [5, 5.41) is 7.92. The normalized spacial score (nSPS) is 20.9. The van der Waals surface area contributed by atoms with Gasteiger partial charge in [0.05, 0.1) is 0 Å². The second-order valence-electron chi connectivity index (χ2n) is 5.61. The summed E-state index contributed by atoms with van der Waals surface area (Å²) in [5.41, 5.74) is 1.79. The van der Waals surface area contributed by atoms with Gasteiger partial charge in [0.1, 0.15) is 0 Å². The van der Waals surface area contributed by atoms with Gasteiger partial charge in [0, 0.05) is 32.2 Å². The van der Waals surface area contributed by atoms with E-state index in [0.29, 0.717) is 11.5 Å². The third kappa shape index (κ3) is 2.65. The van der Waals surface area contributed by atoms with E-state index in [9.17, 15) is 0 Å². The van der Waals surface area contributed by atoms with Crippen molar-refractivity contribution in [2.75, 3.05) is 26.2 Å². The summed E-state index contributed by atoms with van der Waals surface area (Å²) >= 11 is 1.81. The molecule has 1 atom stereocenters. The van der Waals surface area contributed by atoms with Crippen LogP contribution in [0.5, 0.6) is 0 Å². The lowest BCUT2D eigenvalue weighted by Crippen LogP contribution is -2.48. The minimum absolute atomic E-state index is 0.304. The first-order valence-corrected chi connectivity index (χ1v) is 7.00. The molecule has 0 bridgehead atoms. The zero-order chi connectivity index (χ0) is 11.6. The van der Waals surface area contributed by atoms with Gasteiger partial charge in [-0.2, -0.15) is 11.3 Å². The molecule has 0 radical (unpaired) electrons. The monoisotopic (exact) mass is 238 g/mol. The quantitative estimate of drug-likeness (QED) is 0.852. The Hall–Kier alpha value is -0.380. The zero-order valence-electron chi connectivity index (χ0n) is 10.5. The summed E-state index contributed by atoms with van der Waals surface area (Å²) < 4.78 is 0. The molecule has 0 unspecified atom stereocenters. The van der Waals surface area contributed by atoms with Crippen LogP contribution < -0.4 is 5.32 Å². The van der Waals surface area contributed by atoms with Crippen molar-refractivity contribution in [2.45, 2.75) is 26.8 Å². The van der Waals surface area contributed by atoms with Crippen LogP contribution in [0.4, 0.5) is 0 Å². The molecule has 3 heteroatoms. The van der Waals surface area contributed by atoms with E-state index >= 15 is 0 Å². The van der Waals surface area contributed by atoms with Crippen molar-refractivity contribution in [3.8, 4) is 0 Å². The Morgan fingerprint density at radius 3 is 2.50 bits per heavy atom. The standard InChI is InChI=1S/C13H22N2S/c1-13(2,3)12(11-4-9-16-10-11)15-7-5-14-6-8-15/h4,9-10,12,14H,5-8H2,1-3H3/t12-/m1/s1. The van der Waals surface area contributed by atoms with Gasteiger partial charge in [-0.05, 0) is 27.8 Å². The molecular weight excluding hydrogens is 216 g/mol. The largest absolute Gasteiger partial charge is 0.314 e. The Balaban J connectivity index is 2.21. The summed E-state index contributed by atoms with van der Waals surface area (Å²) in [5.74, 6) is 0. The van der Waals surface area contributed by atoms with Crippen molar-refractivity contribution in [3.05, 3.63) is 22.4 Å². The molecule has 1 fully saturated rings. The predicted molar refractivity (Wildman–Crippen MR) is 71.0 cm³/mol. The Bertz CT molecular complexity index is 307. The molecule has 1 N–H and O–H groups in total. The van der Waals surface area contributed by atoms with Gasteiger partial charge < -0.3 is 5.32 Å². The van der Waals surface area contributed by atoms with E-state index in [-0.39, 0.29) is 0 Å². The summed E-state index contributed by atoms with van der Waals surface area (Å²) in [6.45, 7) is 11.6. The van der Waals surface area contributed by atoms with Crippen LogP contribution in [0.3, 0.4) is 0 Å². The fraction of sp³-hybridized carbons (Fsp3) is 0.692. The predicted octanol–water partition coefficient (Wildman–Crippen LogP) is 2.74. The van der Waals surface area contributed by atoms with Crippen molar-refractivity contribution in [3.63, 3.8) is 0 Å². The Morgan fingerprint density at radius 2 is 2.00 bits per heavy atom. The van der Waals surface area contributed by atoms with E-state index in [1.165, 1.54) is 5.56 Å². The lowest BCUT2D eigenvalue weighted by molar-refractivity contribution is 0.0865. The Morgan fingerprint density at radius 1 is 1.31 bits per heavy atom. The summed E-state index contributed by atoms with van der Waals surface area (Å²) in [6, 6.07) is 2.84. The average molecular weight is 238 g/mol. The van der Waals surface area contributed by atoms with E-state index in [4.69, 9.17) is 0 Å². The highest BCUT2D eigenvalue weighted by Crippen LogP contribution is 2.38. The summed E-state index contributed by atoms with van der Waals surface area (Å²) in [6.07, 6.45) is 0. The van der Waals surface area contributed by atoms with Crippen LogP contribution in [-0.4, -0.2) is 31.1 Å². The molecular formula is C13H22N2S. The topological polar surface area (TPSA) is 15.3 Å². The number of thiophene rings is 1. The minimum atomic E-state index is 0.304. The lowest BCUT2D eigenvalue weighted by Gasteiger charge is -2.42. The number of rotatable bonds is 2. The number of nitrogens with zero attached hydrogens (tertiary/aromatic N) is 1. The second-order valence-corrected chi connectivity index (χ2v) is 6.39. The van der Waals surface area contributed by atoms with Gasteiger partial charge in [0.2, 0.25) is 0 Å². The van der Waals surface area contributed by atoms with Crippen LogP contribution in [0.15, 0.2) is 16.8 Å². The zero-order valence-corrected chi connectivity index (χ0v) is 11.3. The van der Waals surface area contributed by atoms with Gasteiger partial charge in [-0.1, -0.05) is 20.8 Å². The van der Waals surface area contributed by atoms with Crippen LogP contribution in [0, 0.1) is 5.41 Å². The molecule has 0 aliphatic carbocycles. The number of hydrogen-bond acceptors (Lipinski definition) is 3. The molecule has 2 nitrogen and oxygen atoms in total. The van der Waals surface area contributed by atoms with E-state index in [1.807, 2.05) is 0 Å². The molecule has 0 aromatic carbocycles. The third-order valence-electron chi connectivity index (χ3n) is 3.20. The molecule has 2 rings (SSSR count). The minimum Gasteiger partial charge on any atom is -0.314 e. The van der Waals surface area contributed by atoms with E-state index < -0.39 is 0 Å². The van der Waals surface area contributed by atoms with Gasteiger partial charge in [-0.25, -0.2) is 0 Å². The number of nitrogens with one attached hydrogen (secondary N) is 1. The fourth-order valence-electron chi connectivity index (χ4n) is 2.63. The highest BCUT2D eigenvalue weighted by Gasteiger charge is 2.32. The van der Waals surface area contributed by atoms with E-state index in [0.717, 1.165) is 26.2 Å². The van der Waals surface area contributed by atoms with Gasteiger partial charge in [-0.15, -0.1) is 0 Å². The molecule has 1 aromatic rings. The molecule has 0 amide bonds. The smallest absolute Gasteiger partial charge is 0.0405 e. The van der Waals surface area contributed by atoms with Crippen LogP contribution in [-0.2, 0) is 0 Å². The maximum atomic E-state index is 3.43. The Labute approximate surface area is 103 Å². The average Bonchev–Trinajstić information content (AvgIpc) is 2.71. The molecule has 1 aliphatic heterocycles. The molecule has 0 saturated carbocycles. The maximum absolute atomic E-state index is 3.43.